The van der Waals surface area contributed by atoms with E-state index in [1.807, 2.05) is 44.2 Å². The quantitative estimate of drug-likeness (QED) is 0.864. The Kier molecular flexibility index (Phi) is 3.41. The fourth-order valence-electron chi connectivity index (χ4n) is 2.68. The number of rotatable bonds is 3. The Bertz CT molecular complexity index is 612. The molecule has 19 heavy (non-hydrogen) atoms. The monoisotopic (exact) mass is 278 g/mol. The average molecular weight is 278 g/mol. The van der Waals surface area contributed by atoms with Crippen LogP contribution >= 0.6 is 0 Å². The van der Waals surface area contributed by atoms with E-state index in [1.165, 1.54) is 0 Å². The Hall–Kier alpha value is -1.39. The lowest BCUT2D eigenvalue weighted by Gasteiger charge is -2.43. The van der Waals surface area contributed by atoms with Crippen LogP contribution in [0.5, 0.6) is 0 Å². The zero-order valence-corrected chi connectivity index (χ0v) is 11.9. The maximum atomic E-state index is 12.0. The van der Waals surface area contributed by atoms with E-state index in [1.54, 1.807) is 24.3 Å². The lowest BCUT2D eigenvalue weighted by atomic mass is 9.70. The summed E-state index contributed by atoms with van der Waals surface area (Å²) in [6, 6.07) is 9.41. The van der Waals surface area contributed by atoms with Crippen molar-refractivity contribution in [1.29, 1.82) is 0 Å². The van der Waals surface area contributed by atoms with Gasteiger partial charge in [0.25, 0.3) is 10.1 Å². The molecule has 1 aliphatic rings. The van der Waals surface area contributed by atoms with Crippen LogP contribution in [0, 0.1) is 0 Å². The van der Waals surface area contributed by atoms with Crippen molar-refractivity contribution in [2.24, 2.45) is 0 Å². The normalized spacial score (nSPS) is 23.5. The lowest BCUT2D eigenvalue weighted by Crippen LogP contribution is -2.52. The van der Waals surface area contributed by atoms with E-state index in [9.17, 15) is 13.0 Å². The first kappa shape index (κ1) is 14.0. The van der Waals surface area contributed by atoms with Gasteiger partial charge in [0.1, 0.15) is 4.75 Å². The number of hydrogen-bond donors (Lipinski definition) is 1. The van der Waals surface area contributed by atoms with Crippen LogP contribution in [0.2, 0.25) is 0 Å². The van der Waals surface area contributed by atoms with Crippen LogP contribution in [0.1, 0.15) is 25.8 Å². The van der Waals surface area contributed by atoms with Crippen LogP contribution in [0.3, 0.4) is 0 Å². The van der Waals surface area contributed by atoms with Gasteiger partial charge in [0.2, 0.25) is 0 Å². The average Bonchev–Trinajstić information content (AvgIpc) is 2.39. The molecule has 2 rings (SSSR count). The van der Waals surface area contributed by atoms with Crippen molar-refractivity contribution in [1.82, 2.24) is 0 Å². The molecule has 0 radical (unpaired) electrons. The summed E-state index contributed by atoms with van der Waals surface area (Å²) in [7, 11) is -4.23. The summed E-state index contributed by atoms with van der Waals surface area (Å²) >= 11 is 0. The summed E-state index contributed by atoms with van der Waals surface area (Å²) in [5, 5.41) is 0. The number of hydrogen-bond acceptors (Lipinski definition) is 2. The molecular weight excluding hydrogens is 260 g/mol. The summed E-state index contributed by atoms with van der Waals surface area (Å²) in [4.78, 5) is 0. The van der Waals surface area contributed by atoms with Crippen molar-refractivity contribution >= 4 is 10.1 Å². The first-order chi connectivity index (χ1) is 8.81. The molecule has 0 bridgehead atoms. The minimum Gasteiger partial charge on any atom is -0.285 e. The maximum Gasteiger partial charge on any atom is 0.275 e. The summed E-state index contributed by atoms with van der Waals surface area (Å²) in [5.74, 6) is 0. The molecule has 0 amide bonds. The first-order valence-corrected chi connectivity index (χ1v) is 7.62. The van der Waals surface area contributed by atoms with Crippen molar-refractivity contribution in [3.05, 3.63) is 60.2 Å². The molecule has 0 saturated carbocycles. The van der Waals surface area contributed by atoms with Gasteiger partial charge in [0.15, 0.2) is 0 Å². The zero-order valence-electron chi connectivity index (χ0n) is 11.1. The van der Waals surface area contributed by atoms with Crippen molar-refractivity contribution < 1.29 is 13.0 Å². The van der Waals surface area contributed by atoms with E-state index >= 15 is 0 Å². The zero-order chi connectivity index (χ0) is 14.1. The molecule has 1 unspecified atom stereocenters. The number of allylic oxidation sites excluding steroid dienone is 3. The van der Waals surface area contributed by atoms with Gasteiger partial charge < -0.3 is 0 Å². The van der Waals surface area contributed by atoms with Crippen LogP contribution in [0.25, 0.3) is 0 Å². The SMILES string of the molecule is CC(C)(c1ccccc1)C1(S(=O)(=O)O)C=CC=CC1. The summed E-state index contributed by atoms with van der Waals surface area (Å²) in [6.07, 6.45) is 7.12. The number of benzene rings is 1. The molecule has 1 N–H and O–H groups in total. The smallest absolute Gasteiger partial charge is 0.275 e. The van der Waals surface area contributed by atoms with Gasteiger partial charge in [-0.15, -0.1) is 0 Å². The van der Waals surface area contributed by atoms with E-state index in [-0.39, 0.29) is 6.42 Å². The predicted octanol–water partition coefficient (Wildman–Crippen LogP) is 3.11. The van der Waals surface area contributed by atoms with Gasteiger partial charge in [-0.05, 0) is 12.0 Å². The lowest BCUT2D eigenvalue weighted by molar-refractivity contribution is 0.355. The summed E-state index contributed by atoms with van der Waals surface area (Å²) in [5.41, 5.74) is 0.149. The Morgan fingerprint density at radius 3 is 2.26 bits per heavy atom. The van der Waals surface area contributed by atoms with Crippen molar-refractivity contribution in [3.8, 4) is 0 Å². The molecule has 0 aliphatic heterocycles. The molecule has 1 aromatic carbocycles. The van der Waals surface area contributed by atoms with Crippen LogP contribution in [-0.2, 0) is 15.5 Å². The van der Waals surface area contributed by atoms with Gasteiger partial charge in [-0.25, -0.2) is 0 Å². The van der Waals surface area contributed by atoms with Gasteiger partial charge in [0, 0.05) is 5.41 Å². The minimum atomic E-state index is -4.23. The van der Waals surface area contributed by atoms with E-state index in [0.29, 0.717) is 0 Å². The molecule has 1 aromatic rings. The summed E-state index contributed by atoms with van der Waals surface area (Å²) < 4.78 is 32.5. The predicted molar refractivity (Wildman–Crippen MR) is 76.6 cm³/mol. The van der Waals surface area contributed by atoms with Gasteiger partial charge >= 0.3 is 0 Å². The Morgan fingerprint density at radius 1 is 1.16 bits per heavy atom. The van der Waals surface area contributed by atoms with Crippen LogP contribution < -0.4 is 0 Å². The van der Waals surface area contributed by atoms with Crippen LogP contribution in [0.4, 0.5) is 0 Å². The van der Waals surface area contributed by atoms with E-state index in [4.69, 9.17) is 0 Å². The van der Waals surface area contributed by atoms with E-state index in [2.05, 4.69) is 0 Å². The second-order valence-corrected chi connectivity index (χ2v) is 7.03. The molecule has 0 heterocycles. The van der Waals surface area contributed by atoms with Gasteiger partial charge in [-0.1, -0.05) is 68.5 Å². The minimum absolute atomic E-state index is 0.268. The van der Waals surface area contributed by atoms with Gasteiger partial charge in [0.05, 0.1) is 0 Å². The van der Waals surface area contributed by atoms with Crippen molar-refractivity contribution in [3.63, 3.8) is 0 Å². The van der Waals surface area contributed by atoms with E-state index in [0.717, 1.165) is 5.56 Å². The molecular formula is C15H18O3S. The molecule has 0 saturated heterocycles. The molecule has 102 valence electrons. The fraction of sp³-hybridized carbons (Fsp3) is 0.333. The largest absolute Gasteiger partial charge is 0.285 e. The third-order valence-corrected chi connectivity index (χ3v) is 5.78. The highest BCUT2D eigenvalue weighted by molar-refractivity contribution is 7.87. The maximum absolute atomic E-state index is 12.0. The highest BCUT2D eigenvalue weighted by Crippen LogP contribution is 2.45. The van der Waals surface area contributed by atoms with Gasteiger partial charge in [-0.2, -0.15) is 8.42 Å². The molecule has 4 heteroatoms. The molecule has 3 nitrogen and oxygen atoms in total. The fourth-order valence-corrected chi connectivity index (χ4v) is 4.00. The second kappa shape index (κ2) is 4.62. The summed E-state index contributed by atoms with van der Waals surface area (Å²) in [6.45, 7) is 3.69. The van der Waals surface area contributed by atoms with Gasteiger partial charge in [-0.3, -0.25) is 4.55 Å². The molecule has 0 fully saturated rings. The van der Waals surface area contributed by atoms with Crippen LogP contribution in [0.15, 0.2) is 54.6 Å². The molecule has 0 aromatic heterocycles. The Balaban J connectivity index is 2.64. The molecule has 1 aliphatic carbocycles. The Morgan fingerprint density at radius 2 is 1.79 bits per heavy atom. The standard InChI is InChI=1S/C15H18O3S/c1-14(2,13-9-5-3-6-10-13)15(19(16,17)18)11-7-4-8-12-15/h3-11H,12H2,1-2H3,(H,16,17,18). The second-order valence-electron chi connectivity index (χ2n) is 5.35. The first-order valence-electron chi connectivity index (χ1n) is 6.18. The molecule has 1 atom stereocenters. The third kappa shape index (κ3) is 2.15. The van der Waals surface area contributed by atoms with E-state index < -0.39 is 20.3 Å². The highest BCUT2D eigenvalue weighted by Gasteiger charge is 2.53. The topological polar surface area (TPSA) is 54.4 Å². The third-order valence-electron chi connectivity index (χ3n) is 4.05. The Labute approximate surface area is 114 Å². The van der Waals surface area contributed by atoms with Crippen LogP contribution in [-0.4, -0.2) is 17.7 Å². The van der Waals surface area contributed by atoms with Crippen molar-refractivity contribution in [2.45, 2.75) is 30.4 Å². The highest BCUT2D eigenvalue weighted by atomic mass is 32.2. The van der Waals surface area contributed by atoms with Crippen molar-refractivity contribution in [2.75, 3.05) is 0 Å². The molecule has 0 spiro atoms.